The molecule has 1 aliphatic rings. The summed E-state index contributed by atoms with van der Waals surface area (Å²) in [6.45, 7) is 1.39. The lowest BCUT2D eigenvalue weighted by Gasteiger charge is -2.23. The molecular formula is C16H17ClN4O2. The molecule has 120 valence electrons. The predicted octanol–water partition coefficient (Wildman–Crippen LogP) is 2.19. The minimum atomic E-state index is -0.559. The third kappa shape index (κ3) is 3.22. The van der Waals surface area contributed by atoms with Crippen LogP contribution in [0, 0.1) is 0 Å². The number of methoxy groups -OCH3 is 1. The molecule has 6 nitrogen and oxygen atoms in total. The van der Waals surface area contributed by atoms with Crippen LogP contribution >= 0.6 is 11.6 Å². The number of hydrogen-bond donors (Lipinski definition) is 1. The van der Waals surface area contributed by atoms with Gasteiger partial charge in [0.1, 0.15) is 5.75 Å². The Morgan fingerprint density at radius 2 is 2.13 bits per heavy atom. The maximum atomic E-state index is 11.7. The second kappa shape index (κ2) is 6.42. The van der Waals surface area contributed by atoms with E-state index in [9.17, 15) is 4.79 Å². The van der Waals surface area contributed by atoms with Crippen LogP contribution in [0.4, 0.5) is 5.82 Å². The van der Waals surface area contributed by atoms with Gasteiger partial charge in [0.05, 0.1) is 12.7 Å². The van der Waals surface area contributed by atoms with Crippen molar-refractivity contribution in [3.8, 4) is 5.75 Å². The molecule has 0 atom stereocenters. The van der Waals surface area contributed by atoms with Crippen LogP contribution < -0.4 is 15.4 Å². The summed E-state index contributed by atoms with van der Waals surface area (Å²) in [6.07, 6.45) is 1.87. The Kier molecular flexibility index (Phi) is 4.34. The number of amides is 1. The molecule has 2 heterocycles. The van der Waals surface area contributed by atoms with Gasteiger partial charge in [0, 0.05) is 13.1 Å². The molecule has 23 heavy (non-hydrogen) atoms. The highest BCUT2D eigenvalue weighted by molar-refractivity contribution is 6.29. The van der Waals surface area contributed by atoms with Gasteiger partial charge in [-0.25, -0.2) is 0 Å². The number of carbonyl (C=O) groups is 1. The number of nitrogens with zero attached hydrogens (tertiary/aromatic N) is 3. The molecule has 0 fully saturated rings. The normalized spacial score (nSPS) is 14.1. The Bertz CT molecular complexity index is 751. The molecule has 3 rings (SSSR count). The topological polar surface area (TPSA) is 81.3 Å². The SMILES string of the molecule is COc1ccc2c(c1)CCCN(c1nnc(Cl)cc1C(N)=O)C2. The molecule has 1 aliphatic heterocycles. The highest BCUT2D eigenvalue weighted by Gasteiger charge is 2.21. The smallest absolute Gasteiger partial charge is 0.252 e. The van der Waals surface area contributed by atoms with E-state index in [4.69, 9.17) is 22.1 Å². The van der Waals surface area contributed by atoms with Crippen LogP contribution in [0.3, 0.4) is 0 Å². The first-order chi connectivity index (χ1) is 11.1. The van der Waals surface area contributed by atoms with Crippen LogP contribution in [0.5, 0.6) is 5.75 Å². The summed E-state index contributed by atoms with van der Waals surface area (Å²) >= 11 is 5.83. The van der Waals surface area contributed by atoms with Crippen LogP contribution in [0.1, 0.15) is 27.9 Å². The number of rotatable bonds is 3. The Morgan fingerprint density at radius 3 is 2.87 bits per heavy atom. The van der Waals surface area contributed by atoms with Crippen molar-refractivity contribution in [1.82, 2.24) is 10.2 Å². The van der Waals surface area contributed by atoms with Gasteiger partial charge in [-0.3, -0.25) is 4.79 Å². The summed E-state index contributed by atoms with van der Waals surface area (Å²) in [6, 6.07) is 7.50. The van der Waals surface area contributed by atoms with Crippen molar-refractivity contribution in [1.29, 1.82) is 0 Å². The molecule has 0 saturated carbocycles. The molecular weight excluding hydrogens is 316 g/mol. The van der Waals surface area contributed by atoms with Gasteiger partial charge >= 0.3 is 0 Å². The van der Waals surface area contributed by atoms with E-state index in [2.05, 4.69) is 16.3 Å². The highest BCUT2D eigenvalue weighted by atomic mass is 35.5. The molecule has 7 heteroatoms. The van der Waals surface area contributed by atoms with E-state index in [1.807, 2.05) is 17.0 Å². The van der Waals surface area contributed by atoms with Gasteiger partial charge in [-0.15, -0.1) is 10.2 Å². The fourth-order valence-corrected chi connectivity index (χ4v) is 2.97. The van der Waals surface area contributed by atoms with Crippen molar-refractivity contribution in [2.75, 3.05) is 18.6 Å². The monoisotopic (exact) mass is 332 g/mol. The number of anilines is 1. The largest absolute Gasteiger partial charge is 0.497 e. The first kappa shape index (κ1) is 15.6. The van der Waals surface area contributed by atoms with E-state index in [1.165, 1.54) is 17.2 Å². The second-order valence-electron chi connectivity index (χ2n) is 5.43. The van der Waals surface area contributed by atoms with E-state index >= 15 is 0 Å². The van der Waals surface area contributed by atoms with Crippen molar-refractivity contribution in [3.63, 3.8) is 0 Å². The molecule has 0 saturated heterocycles. The van der Waals surface area contributed by atoms with Crippen molar-refractivity contribution < 1.29 is 9.53 Å². The fraction of sp³-hybridized carbons (Fsp3) is 0.312. The molecule has 0 aliphatic carbocycles. The lowest BCUT2D eigenvalue weighted by atomic mass is 10.0. The van der Waals surface area contributed by atoms with E-state index in [0.29, 0.717) is 17.9 Å². The number of benzene rings is 1. The molecule has 2 N–H and O–H groups in total. The Morgan fingerprint density at radius 1 is 1.30 bits per heavy atom. The van der Waals surface area contributed by atoms with Gasteiger partial charge < -0.3 is 15.4 Å². The zero-order valence-corrected chi connectivity index (χ0v) is 13.5. The van der Waals surface area contributed by atoms with Gasteiger partial charge in [-0.2, -0.15) is 0 Å². The lowest BCUT2D eigenvalue weighted by Crippen LogP contribution is -2.27. The summed E-state index contributed by atoms with van der Waals surface area (Å²) in [7, 11) is 1.66. The van der Waals surface area contributed by atoms with Crippen LogP contribution in [0.25, 0.3) is 0 Å². The Hall–Kier alpha value is -2.34. The average molecular weight is 333 g/mol. The molecule has 0 radical (unpaired) electrons. The third-order valence-electron chi connectivity index (χ3n) is 3.96. The Balaban J connectivity index is 1.97. The first-order valence-electron chi connectivity index (χ1n) is 7.32. The summed E-state index contributed by atoms with van der Waals surface area (Å²) in [5.41, 5.74) is 8.17. The molecule has 1 amide bonds. The van der Waals surface area contributed by atoms with Gasteiger partial charge in [-0.1, -0.05) is 17.7 Å². The van der Waals surface area contributed by atoms with Gasteiger partial charge in [0.25, 0.3) is 5.91 Å². The summed E-state index contributed by atoms with van der Waals surface area (Å²) in [4.78, 5) is 13.7. The zero-order chi connectivity index (χ0) is 16.4. The standard InChI is InChI=1S/C16H17ClN4O2/c1-23-12-5-4-11-9-21(6-2-3-10(11)7-12)16-13(15(18)22)8-14(17)19-20-16/h4-5,7-8H,2-3,6,9H2,1H3,(H2,18,22). The van der Waals surface area contributed by atoms with Crippen LogP contribution in [0.15, 0.2) is 24.3 Å². The maximum absolute atomic E-state index is 11.7. The van der Waals surface area contributed by atoms with Crippen molar-refractivity contribution in [2.24, 2.45) is 5.73 Å². The molecule has 0 unspecified atom stereocenters. The lowest BCUT2D eigenvalue weighted by molar-refractivity contribution is 0.1000. The molecule has 2 aromatic rings. The minimum Gasteiger partial charge on any atom is -0.497 e. The second-order valence-corrected chi connectivity index (χ2v) is 5.82. The quantitative estimate of drug-likeness (QED) is 0.931. The van der Waals surface area contributed by atoms with E-state index in [1.54, 1.807) is 7.11 Å². The number of carbonyl (C=O) groups excluding carboxylic acids is 1. The number of ether oxygens (including phenoxy) is 1. The number of nitrogens with two attached hydrogens (primary N) is 1. The summed E-state index contributed by atoms with van der Waals surface area (Å²) in [5.74, 6) is 0.767. The number of aryl methyl sites for hydroxylation is 1. The summed E-state index contributed by atoms with van der Waals surface area (Å²) in [5, 5.41) is 8.10. The van der Waals surface area contributed by atoms with E-state index in [0.717, 1.165) is 25.1 Å². The average Bonchev–Trinajstić information content (AvgIpc) is 2.76. The van der Waals surface area contributed by atoms with Crippen LogP contribution in [-0.2, 0) is 13.0 Å². The number of primary amides is 1. The van der Waals surface area contributed by atoms with Crippen LogP contribution in [-0.4, -0.2) is 29.8 Å². The van der Waals surface area contributed by atoms with E-state index in [-0.39, 0.29) is 5.15 Å². The van der Waals surface area contributed by atoms with Crippen LogP contribution in [0.2, 0.25) is 5.15 Å². The number of hydrogen-bond acceptors (Lipinski definition) is 5. The van der Waals surface area contributed by atoms with Gasteiger partial charge in [0.2, 0.25) is 0 Å². The minimum absolute atomic E-state index is 0.155. The van der Waals surface area contributed by atoms with Gasteiger partial charge in [-0.05, 0) is 42.2 Å². The number of halogens is 1. The van der Waals surface area contributed by atoms with E-state index < -0.39 is 5.91 Å². The molecule has 1 aromatic heterocycles. The molecule has 0 bridgehead atoms. The summed E-state index contributed by atoms with van der Waals surface area (Å²) < 4.78 is 5.28. The highest BCUT2D eigenvalue weighted by Crippen LogP contribution is 2.27. The molecule has 1 aromatic carbocycles. The van der Waals surface area contributed by atoms with Gasteiger partial charge in [0.15, 0.2) is 11.0 Å². The van der Waals surface area contributed by atoms with Crippen molar-refractivity contribution >= 4 is 23.3 Å². The third-order valence-corrected chi connectivity index (χ3v) is 4.14. The van der Waals surface area contributed by atoms with Crippen molar-refractivity contribution in [3.05, 3.63) is 46.1 Å². The number of fused-ring (bicyclic) bond motifs is 1. The molecule has 0 spiro atoms. The van der Waals surface area contributed by atoms with Crippen molar-refractivity contribution in [2.45, 2.75) is 19.4 Å². The fourth-order valence-electron chi connectivity index (χ4n) is 2.82. The Labute approximate surface area is 139 Å². The maximum Gasteiger partial charge on any atom is 0.252 e. The first-order valence-corrected chi connectivity index (χ1v) is 7.70. The zero-order valence-electron chi connectivity index (χ0n) is 12.8. The predicted molar refractivity (Wildman–Crippen MR) is 87.9 cm³/mol. The number of aromatic nitrogens is 2.